The molecule has 1 saturated heterocycles. The van der Waals surface area contributed by atoms with E-state index in [1.54, 1.807) is 0 Å². The zero-order valence-corrected chi connectivity index (χ0v) is 12.2. The molecular weight excluding hydrogens is 242 g/mol. The van der Waals surface area contributed by atoms with E-state index in [0.29, 0.717) is 0 Å². The lowest BCUT2D eigenvalue weighted by Crippen LogP contribution is -2.54. The van der Waals surface area contributed by atoms with Gasteiger partial charge >= 0.3 is 6.09 Å². The van der Waals surface area contributed by atoms with E-state index in [1.807, 2.05) is 38.1 Å². The first-order chi connectivity index (χ1) is 8.90. The Balaban J connectivity index is 1.94. The maximum absolute atomic E-state index is 12.0. The van der Waals surface area contributed by atoms with Crippen LogP contribution in [-0.2, 0) is 17.7 Å². The van der Waals surface area contributed by atoms with Gasteiger partial charge in [0.15, 0.2) is 0 Å². The standard InChI is InChI=1S/C14H23N3O2/c1-5-12-15-7-9-16(12)10-11-6-8-17(11)13(18)19-14(2,3)4/h7,9,11H,5-6,8,10H2,1-4H3. The summed E-state index contributed by atoms with van der Waals surface area (Å²) in [5, 5.41) is 0. The van der Waals surface area contributed by atoms with Crippen LogP contribution in [0.2, 0.25) is 0 Å². The number of hydrogen-bond acceptors (Lipinski definition) is 3. The van der Waals surface area contributed by atoms with Gasteiger partial charge in [0.2, 0.25) is 0 Å². The van der Waals surface area contributed by atoms with Gasteiger partial charge in [0.25, 0.3) is 0 Å². The fraction of sp³-hybridized carbons (Fsp3) is 0.714. The van der Waals surface area contributed by atoms with E-state index < -0.39 is 5.60 Å². The van der Waals surface area contributed by atoms with Gasteiger partial charge in [-0.05, 0) is 27.2 Å². The van der Waals surface area contributed by atoms with Crippen LogP contribution in [0.15, 0.2) is 12.4 Å². The summed E-state index contributed by atoms with van der Waals surface area (Å²) >= 11 is 0. The topological polar surface area (TPSA) is 47.4 Å². The SMILES string of the molecule is CCc1nccn1CC1CCN1C(=O)OC(C)(C)C. The van der Waals surface area contributed by atoms with E-state index in [4.69, 9.17) is 4.74 Å². The number of imidazole rings is 1. The number of hydrogen-bond donors (Lipinski definition) is 0. The summed E-state index contributed by atoms with van der Waals surface area (Å²) in [7, 11) is 0. The number of likely N-dealkylation sites (tertiary alicyclic amines) is 1. The highest BCUT2D eigenvalue weighted by Gasteiger charge is 2.35. The molecule has 0 N–H and O–H groups in total. The number of ether oxygens (including phenoxy) is 1. The molecule has 0 aromatic carbocycles. The summed E-state index contributed by atoms with van der Waals surface area (Å²) in [5.74, 6) is 1.07. The summed E-state index contributed by atoms with van der Waals surface area (Å²) in [6.07, 6.45) is 5.52. The minimum Gasteiger partial charge on any atom is -0.444 e. The molecular formula is C14H23N3O2. The molecule has 2 heterocycles. The van der Waals surface area contributed by atoms with E-state index in [2.05, 4.69) is 16.5 Å². The van der Waals surface area contributed by atoms with Gasteiger partial charge in [-0.25, -0.2) is 9.78 Å². The van der Waals surface area contributed by atoms with Gasteiger partial charge in [-0.1, -0.05) is 6.92 Å². The van der Waals surface area contributed by atoms with Crippen LogP contribution in [0.1, 0.15) is 39.9 Å². The summed E-state index contributed by atoms with van der Waals surface area (Å²) in [6.45, 7) is 9.36. The van der Waals surface area contributed by atoms with Crippen molar-refractivity contribution in [3.05, 3.63) is 18.2 Å². The zero-order chi connectivity index (χ0) is 14.0. The van der Waals surface area contributed by atoms with E-state index >= 15 is 0 Å². The maximum atomic E-state index is 12.0. The van der Waals surface area contributed by atoms with Gasteiger partial charge in [0.05, 0.1) is 6.04 Å². The predicted molar refractivity (Wildman–Crippen MR) is 73.0 cm³/mol. The van der Waals surface area contributed by atoms with Gasteiger partial charge in [0, 0.05) is 31.9 Å². The fourth-order valence-corrected chi connectivity index (χ4v) is 2.24. The average Bonchev–Trinajstić information content (AvgIpc) is 2.68. The number of amides is 1. The second-order valence-electron chi connectivity index (χ2n) is 5.97. The molecule has 2 rings (SSSR count). The van der Waals surface area contributed by atoms with Crippen LogP contribution in [0, 0.1) is 0 Å². The Morgan fingerprint density at radius 2 is 2.26 bits per heavy atom. The third-order valence-electron chi connectivity index (χ3n) is 3.30. The molecule has 0 saturated carbocycles. The van der Waals surface area contributed by atoms with Gasteiger partial charge < -0.3 is 14.2 Å². The van der Waals surface area contributed by atoms with E-state index in [1.165, 1.54) is 0 Å². The molecule has 1 amide bonds. The molecule has 1 aromatic rings. The molecule has 5 heteroatoms. The van der Waals surface area contributed by atoms with Crippen molar-refractivity contribution in [2.45, 2.75) is 58.7 Å². The highest BCUT2D eigenvalue weighted by molar-refractivity contribution is 5.69. The highest BCUT2D eigenvalue weighted by atomic mass is 16.6. The lowest BCUT2D eigenvalue weighted by atomic mass is 10.0. The van der Waals surface area contributed by atoms with Crippen LogP contribution >= 0.6 is 0 Å². The minimum absolute atomic E-state index is 0.207. The molecule has 1 aliphatic heterocycles. The monoisotopic (exact) mass is 265 g/mol. The van der Waals surface area contributed by atoms with Crippen LogP contribution in [0.5, 0.6) is 0 Å². The van der Waals surface area contributed by atoms with Crippen LogP contribution in [0.4, 0.5) is 4.79 Å². The Kier molecular flexibility index (Phi) is 3.83. The van der Waals surface area contributed by atoms with Crippen molar-refractivity contribution in [3.63, 3.8) is 0 Å². The molecule has 0 radical (unpaired) electrons. The van der Waals surface area contributed by atoms with Crippen molar-refractivity contribution < 1.29 is 9.53 Å². The van der Waals surface area contributed by atoms with Crippen molar-refractivity contribution in [2.24, 2.45) is 0 Å². The molecule has 1 atom stereocenters. The zero-order valence-electron chi connectivity index (χ0n) is 12.2. The van der Waals surface area contributed by atoms with Crippen molar-refractivity contribution in [2.75, 3.05) is 6.54 Å². The molecule has 1 aliphatic rings. The Morgan fingerprint density at radius 3 is 2.79 bits per heavy atom. The molecule has 0 spiro atoms. The fourth-order valence-electron chi connectivity index (χ4n) is 2.24. The minimum atomic E-state index is -0.430. The van der Waals surface area contributed by atoms with Gasteiger partial charge in [-0.15, -0.1) is 0 Å². The summed E-state index contributed by atoms with van der Waals surface area (Å²) < 4.78 is 7.54. The number of nitrogens with zero attached hydrogens (tertiary/aromatic N) is 3. The maximum Gasteiger partial charge on any atom is 0.410 e. The first-order valence-electron chi connectivity index (χ1n) is 6.90. The third kappa shape index (κ3) is 3.28. The smallest absolute Gasteiger partial charge is 0.410 e. The normalized spacial score (nSPS) is 19.2. The lowest BCUT2D eigenvalue weighted by Gasteiger charge is -2.41. The first-order valence-corrected chi connectivity index (χ1v) is 6.90. The van der Waals surface area contributed by atoms with Crippen molar-refractivity contribution in [3.8, 4) is 0 Å². The number of aromatic nitrogens is 2. The molecule has 1 unspecified atom stereocenters. The second-order valence-corrected chi connectivity index (χ2v) is 5.97. The molecule has 1 fully saturated rings. The molecule has 106 valence electrons. The quantitative estimate of drug-likeness (QED) is 0.843. The molecule has 5 nitrogen and oxygen atoms in total. The van der Waals surface area contributed by atoms with Crippen LogP contribution in [-0.4, -0.2) is 38.7 Å². The van der Waals surface area contributed by atoms with Crippen molar-refractivity contribution >= 4 is 6.09 Å². The van der Waals surface area contributed by atoms with Gasteiger partial charge in [-0.3, -0.25) is 0 Å². The van der Waals surface area contributed by atoms with Crippen LogP contribution < -0.4 is 0 Å². The van der Waals surface area contributed by atoms with Crippen molar-refractivity contribution in [1.29, 1.82) is 0 Å². The lowest BCUT2D eigenvalue weighted by molar-refractivity contribution is -0.00836. The summed E-state index contributed by atoms with van der Waals surface area (Å²) in [4.78, 5) is 18.1. The third-order valence-corrected chi connectivity index (χ3v) is 3.30. The summed E-state index contributed by atoms with van der Waals surface area (Å²) in [6, 6.07) is 0.231. The van der Waals surface area contributed by atoms with Gasteiger partial charge in [0.1, 0.15) is 11.4 Å². The molecule has 0 aliphatic carbocycles. The number of carbonyl (C=O) groups excluding carboxylic acids is 1. The summed E-state index contributed by atoms with van der Waals surface area (Å²) in [5.41, 5.74) is -0.430. The number of carbonyl (C=O) groups is 1. The molecule has 19 heavy (non-hydrogen) atoms. The number of aryl methyl sites for hydroxylation is 1. The molecule has 1 aromatic heterocycles. The first kappa shape index (κ1) is 13.9. The van der Waals surface area contributed by atoms with E-state index in [-0.39, 0.29) is 12.1 Å². The number of rotatable bonds is 3. The van der Waals surface area contributed by atoms with Crippen molar-refractivity contribution in [1.82, 2.24) is 14.5 Å². The van der Waals surface area contributed by atoms with Crippen LogP contribution in [0.3, 0.4) is 0 Å². The second kappa shape index (κ2) is 5.23. The van der Waals surface area contributed by atoms with E-state index in [0.717, 1.165) is 31.8 Å². The Labute approximate surface area is 114 Å². The Bertz CT molecular complexity index is 448. The largest absolute Gasteiger partial charge is 0.444 e. The predicted octanol–water partition coefficient (Wildman–Crippen LogP) is 2.45. The van der Waals surface area contributed by atoms with Crippen LogP contribution in [0.25, 0.3) is 0 Å². The Morgan fingerprint density at radius 1 is 1.53 bits per heavy atom. The Hall–Kier alpha value is -1.52. The highest BCUT2D eigenvalue weighted by Crippen LogP contribution is 2.23. The average molecular weight is 265 g/mol. The van der Waals surface area contributed by atoms with Gasteiger partial charge in [-0.2, -0.15) is 0 Å². The van der Waals surface area contributed by atoms with E-state index in [9.17, 15) is 4.79 Å². The molecule has 0 bridgehead atoms.